The maximum Gasteiger partial charge on any atom is 0.322 e. The summed E-state index contributed by atoms with van der Waals surface area (Å²) in [7, 11) is -3.95. The van der Waals surface area contributed by atoms with Crippen LogP contribution < -0.4 is 10.0 Å². The number of carbonyl (C=O) groups excluding carboxylic acids is 1. The number of carboxylic acid groups (broad SMARTS) is 1. The van der Waals surface area contributed by atoms with Crippen molar-refractivity contribution in [2.45, 2.75) is 44.2 Å². The molecule has 2 rings (SSSR count). The summed E-state index contributed by atoms with van der Waals surface area (Å²) in [6.07, 6.45) is 3.45. The van der Waals surface area contributed by atoms with E-state index in [0.717, 1.165) is 17.1 Å². The van der Waals surface area contributed by atoms with E-state index >= 15 is 0 Å². The third-order valence-electron chi connectivity index (χ3n) is 3.41. The Balaban J connectivity index is 1.93. The lowest BCUT2D eigenvalue weighted by Crippen LogP contribution is -2.53. The largest absolute Gasteiger partial charge is 0.480 e. The fraction of sp³-hybridized carbons (Fsp3) is 0.818. The monoisotopic (exact) mass is 305 g/mol. The van der Waals surface area contributed by atoms with Gasteiger partial charge in [-0.25, -0.2) is 0 Å². The fourth-order valence-corrected chi connectivity index (χ4v) is 3.56. The average Bonchev–Trinajstić information content (AvgIpc) is 3.20. The molecule has 1 atom stereocenters. The number of amides is 1. The molecular formula is C11H19N3O5S. The summed E-state index contributed by atoms with van der Waals surface area (Å²) in [6.45, 7) is -0.196. The van der Waals surface area contributed by atoms with Crippen LogP contribution in [0.15, 0.2) is 0 Å². The lowest BCUT2D eigenvalue weighted by atomic mass is 10.1. The number of hydrogen-bond acceptors (Lipinski definition) is 4. The molecule has 2 fully saturated rings. The van der Waals surface area contributed by atoms with Crippen LogP contribution in [0.4, 0.5) is 0 Å². The molecule has 0 aromatic carbocycles. The Hall–Kier alpha value is -1.19. The Labute approximate surface area is 117 Å². The quantitative estimate of drug-likeness (QED) is 0.584. The van der Waals surface area contributed by atoms with Crippen molar-refractivity contribution >= 4 is 22.1 Å². The van der Waals surface area contributed by atoms with Gasteiger partial charge < -0.3 is 10.4 Å². The molecule has 1 heterocycles. The number of rotatable bonds is 6. The van der Waals surface area contributed by atoms with Gasteiger partial charge in [-0.15, -0.1) is 0 Å². The first-order valence-corrected chi connectivity index (χ1v) is 8.13. The van der Waals surface area contributed by atoms with E-state index < -0.39 is 22.2 Å². The summed E-state index contributed by atoms with van der Waals surface area (Å²) in [5, 5.41) is 11.7. The predicted octanol–water partition coefficient (Wildman–Crippen LogP) is -0.961. The normalized spacial score (nSPS) is 24.3. The molecule has 20 heavy (non-hydrogen) atoms. The van der Waals surface area contributed by atoms with Gasteiger partial charge in [0.15, 0.2) is 0 Å². The number of carboxylic acids is 1. The van der Waals surface area contributed by atoms with Crippen LogP contribution in [0.2, 0.25) is 0 Å². The van der Waals surface area contributed by atoms with Gasteiger partial charge in [0.2, 0.25) is 5.91 Å². The van der Waals surface area contributed by atoms with E-state index in [1.807, 2.05) is 0 Å². The van der Waals surface area contributed by atoms with Crippen molar-refractivity contribution in [2.24, 2.45) is 0 Å². The Kier molecular flexibility index (Phi) is 4.61. The minimum absolute atomic E-state index is 0.161. The first-order chi connectivity index (χ1) is 9.40. The van der Waals surface area contributed by atoms with Crippen molar-refractivity contribution < 1.29 is 23.1 Å². The summed E-state index contributed by atoms with van der Waals surface area (Å²) in [5.74, 6) is -1.54. The van der Waals surface area contributed by atoms with Crippen molar-refractivity contribution in [3.8, 4) is 0 Å². The SMILES string of the molecule is O=C(CNS(=O)(=O)N1CCCCC1C(=O)O)NC1CC1. The van der Waals surface area contributed by atoms with Crippen LogP contribution in [-0.2, 0) is 19.8 Å². The number of piperidine rings is 1. The number of hydrogen-bond donors (Lipinski definition) is 3. The Morgan fingerprint density at radius 3 is 2.50 bits per heavy atom. The molecule has 9 heteroatoms. The van der Waals surface area contributed by atoms with Gasteiger partial charge in [0.1, 0.15) is 6.04 Å². The van der Waals surface area contributed by atoms with Crippen LogP contribution >= 0.6 is 0 Å². The van der Waals surface area contributed by atoms with Crippen molar-refractivity contribution in [1.82, 2.24) is 14.3 Å². The van der Waals surface area contributed by atoms with E-state index in [2.05, 4.69) is 10.0 Å². The van der Waals surface area contributed by atoms with Crippen LogP contribution in [0.3, 0.4) is 0 Å². The van der Waals surface area contributed by atoms with E-state index in [4.69, 9.17) is 5.11 Å². The van der Waals surface area contributed by atoms with E-state index in [9.17, 15) is 18.0 Å². The van der Waals surface area contributed by atoms with Gasteiger partial charge in [0.05, 0.1) is 6.54 Å². The maximum atomic E-state index is 12.1. The zero-order valence-corrected chi connectivity index (χ0v) is 11.9. The second-order valence-electron chi connectivity index (χ2n) is 5.13. The summed E-state index contributed by atoms with van der Waals surface area (Å²) >= 11 is 0. The van der Waals surface area contributed by atoms with Gasteiger partial charge in [-0.05, 0) is 32.1 Å². The Bertz CT molecular complexity index is 488. The predicted molar refractivity (Wildman–Crippen MR) is 70.1 cm³/mol. The minimum Gasteiger partial charge on any atom is -0.480 e. The van der Waals surface area contributed by atoms with Gasteiger partial charge in [0, 0.05) is 12.6 Å². The average molecular weight is 305 g/mol. The summed E-state index contributed by atoms with van der Waals surface area (Å²) < 4.78 is 27.3. The second-order valence-corrected chi connectivity index (χ2v) is 6.84. The molecule has 1 saturated heterocycles. The zero-order valence-electron chi connectivity index (χ0n) is 11.0. The lowest BCUT2D eigenvalue weighted by molar-refractivity contribution is -0.142. The zero-order chi connectivity index (χ0) is 14.8. The number of nitrogens with zero attached hydrogens (tertiary/aromatic N) is 1. The fourth-order valence-electron chi connectivity index (χ4n) is 2.19. The third kappa shape index (κ3) is 3.90. The van der Waals surface area contributed by atoms with Crippen LogP contribution in [0.1, 0.15) is 32.1 Å². The van der Waals surface area contributed by atoms with Gasteiger partial charge in [-0.1, -0.05) is 0 Å². The molecule has 3 N–H and O–H groups in total. The molecule has 8 nitrogen and oxygen atoms in total. The molecule has 0 bridgehead atoms. The van der Waals surface area contributed by atoms with Gasteiger partial charge in [-0.2, -0.15) is 17.4 Å². The Morgan fingerprint density at radius 2 is 1.90 bits per heavy atom. The van der Waals surface area contributed by atoms with E-state index in [1.165, 1.54) is 0 Å². The van der Waals surface area contributed by atoms with Crippen LogP contribution in [0, 0.1) is 0 Å². The topological polar surface area (TPSA) is 116 Å². The first-order valence-electron chi connectivity index (χ1n) is 6.69. The van der Waals surface area contributed by atoms with Crippen molar-refractivity contribution in [3.63, 3.8) is 0 Å². The smallest absolute Gasteiger partial charge is 0.322 e. The van der Waals surface area contributed by atoms with Crippen molar-refractivity contribution in [2.75, 3.05) is 13.1 Å². The number of nitrogens with one attached hydrogen (secondary N) is 2. The standard InChI is InChI=1S/C11H19N3O5S/c15-10(13-8-4-5-8)7-12-20(18,19)14-6-2-1-3-9(14)11(16)17/h8-9,12H,1-7H2,(H,13,15)(H,16,17). The van der Waals surface area contributed by atoms with Gasteiger partial charge in [-0.3, -0.25) is 9.59 Å². The summed E-state index contributed by atoms with van der Waals surface area (Å²) in [6, 6.07) is -0.887. The number of aliphatic carboxylic acids is 1. The van der Waals surface area contributed by atoms with Gasteiger partial charge in [0.25, 0.3) is 10.2 Å². The highest BCUT2D eigenvalue weighted by Gasteiger charge is 2.36. The van der Waals surface area contributed by atoms with Gasteiger partial charge >= 0.3 is 5.97 Å². The molecular weight excluding hydrogens is 286 g/mol. The van der Waals surface area contributed by atoms with E-state index in [-0.39, 0.29) is 25.0 Å². The van der Waals surface area contributed by atoms with Crippen molar-refractivity contribution in [1.29, 1.82) is 0 Å². The Morgan fingerprint density at radius 1 is 1.20 bits per heavy atom. The molecule has 0 aromatic rings. The molecule has 0 aromatic heterocycles. The third-order valence-corrected chi connectivity index (χ3v) is 4.97. The summed E-state index contributed by atoms with van der Waals surface area (Å²) in [4.78, 5) is 22.6. The molecule has 0 radical (unpaired) electrons. The van der Waals surface area contributed by atoms with Crippen LogP contribution in [0.25, 0.3) is 0 Å². The first kappa shape index (κ1) is 15.2. The molecule has 2 aliphatic rings. The number of carbonyl (C=O) groups is 2. The lowest BCUT2D eigenvalue weighted by Gasteiger charge is -2.31. The maximum absolute atomic E-state index is 12.1. The minimum atomic E-state index is -3.95. The second kappa shape index (κ2) is 6.06. The molecule has 1 saturated carbocycles. The summed E-state index contributed by atoms with van der Waals surface area (Å²) in [5.41, 5.74) is 0. The highest BCUT2D eigenvalue weighted by Crippen LogP contribution is 2.20. The highest BCUT2D eigenvalue weighted by molar-refractivity contribution is 7.87. The highest BCUT2D eigenvalue weighted by atomic mass is 32.2. The molecule has 0 spiro atoms. The van der Waals surface area contributed by atoms with E-state index in [1.54, 1.807) is 0 Å². The van der Waals surface area contributed by atoms with Crippen molar-refractivity contribution in [3.05, 3.63) is 0 Å². The van der Waals surface area contributed by atoms with Crippen LogP contribution in [0.5, 0.6) is 0 Å². The molecule has 1 unspecified atom stereocenters. The van der Waals surface area contributed by atoms with E-state index in [0.29, 0.717) is 19.3 Å². The molecule has 1 amide bonds. The molecule has 114 valence electrons. The van der Waals surface area contributed by atoms with Crippen LogP contribution in [-0.4, -0.2) is 54.9 Å². The molecule has 1 aliphatic carbocycles. The molecule has 1 aliphatic heterocycles.